The predicted octanol–water partition coefficient (Wildman–Crippen LogP) is 4.03. The zero-order valence-corrected chi connectivity index (χ0v) is 10.9. The molecule has 0 spiro atoms. The number of hydrogen-bond acceptors (Lipinski definition) is 1. The quantitative estimate of drug-likeness (QED) is 0.889. The summed E-state index contributed by atoms with van der Waals surface area (Å²) in [5.41, 5.74) is 8.29. The van der Waals surface area contributed by atoms with E-state index in [1.165, 1.54) is 0 Å². The molecule has 0 aromatic heterocycles. The third-order valence-corrected chi connectivity index (χ3v) is 3.24. The minimum Gasteiger partial charge on any atom is -0.324 e. The molecule has 0 aliphatic carbocycles. The molecule has 18 heavy (non-hydrogen) atoms. The molecule has 0 fully saturated rings. The van der Waals surface area contributed by atoms with Crippen molar-refractivity contribution in [1.82, 2.24) is 0 Å². The summed E-state index contributed by atoms with van der Waals surface area (Å²) in [6.45, 7) is 1.74. The second kappa shape index (κ2) is 5.51. The van der Waals surface area contributed by atoms with Gasteiger partial charge in [0.1, 0.15) is 5.82 Å². The highest BCUT2D eigenvalue weighted by molar-refractivity contribution is 6.30. The van der Waals surface area contributed by atoms with E-state index in [0.29, 0.717) is 22.6 Å². The van der Waals surface area contributed by atoms with E-state index in [9.17, 15) is 4.39 Å². The van der Waals surface area contributed by atoms with Gasteiger partial charge in [-0.2, -0.15) is 0 Å². The summed E-state index contributed by atoms with van der Waals surface area (Å²) in [5, 5.41) is 0.689. The topological polar surface area (TPSA) is 26.0 Å². The molecule has 2 aromatic carbocycles. The van der Waals surface area contributed by atoms with Gasteiger partial charge in [0.2, 0.25) is 0 Å². The van der Waals surface area contributed by atoms with E-state index in [1.807, 2.05) is 30.3 Å². The van der Waals surface area contributed by atoms with Gasteiger partial charge in [-0.25, -0.2) is 4.39 Å². The molecule has 1 unspecified atom stereocenters. The van der Waals surface area contributed by atoms with Crippen LogP contribution in [-0.4, -0.2) is 0 Å². The summed E-state index contributed by atoms with van der Waals surface area (Å²) >= 11 is 5.82. The van der Waals surface area contributed by atoms with E-state index >= 15 is 0 Å². The third-order valence-electron chi connectivity index (χ3n) is 2.99. The van der Waals surface area contributed by atoms with Crippen LogP contribution in [0.5, 0.6) is 0 Å². The van der Waals surface area contributed by atoms with E-state index < -0.39 is 0 Å². The van der Waals surface area contributed by atoms with Crippen LogP contribution in [-0.2, 0) is 6.42 Å². The normalized spacial score (nSPS) is 12.4. The predicted molar refractivity (Wildman–Crippen MR) is 73.2 cm³/mol. The number of benzene rings is 2. The van der Waals surface area contributed by atoms with Gasteiger partial charge in [-0.05, 0) is 36.6 Å². The highest BCUT2D eigenvalue weighted by atomic mass is 35.5. The van der Waals surface area contributed by atoms with Crippen molar-refractivity contribution in [3.63, 3.8) is 0 Å². The zero-order chi connectivity index (χ0) is 13.1. The van der Waals surface area contributed by atoms with Crippen molar-refractivity contribution in [2.24, 2.45) is 5.73 Å². The highest BCUT2D eigenvalue weighted by Gasteiger charge is 2.13. The molecule has 2 aromatic rings. The summed E-state index contributed by atoms with van der Waals surface area (Å²) in [6, 6.07) is 12.4. The zero-order valence-electron chi connectivity index (χ0n) is 10.2. The van der Waals surface area contributed by atoms with Crippen molar-refractivity contribution < 1.29 is 4.39 Å². The maximum atomic E-state index is 13.9. The standard InChI is InChI=1S/C15H15ClFN/c1-10-3-2-4-13(15(10)17)14(18)9-11-5-7-12(16)8-6-11/h2-8,14H,9,18H2,1H3. The fourth-order valence-electron chi connectivity index (χ4n) is 1.94. The maximum absolute atomic E-state index is 13.9. The van der Waals surface area contributed by atoms with E-state index in [-0.39, 0.29) is 11.9 Å². The smallest absolute Gasteiger partial charge is 0.130 e. The van der Waals surface area contributed by atoms with Crippen LogP contribution >= 0.6 is 11.6 Å². The largest absolute Gasteiger partial charge is 0.324 e. The SMILES string of the molecule is Cc1cccc(C(N)Cc2ccc(Cl)cc2)c1F. The highest BCUT2D eigenvalue weighted by Crippen LogP contribution is 2.22. The number of nitrogens with two attached hydrogens (primary N) is 1. The molecular weight excluding hydrogens is 249 g/mol. The molecule has 94 valence electrons. The monoisotopic (exact) mass is 263 g/mol. The lowest BCUT2D eigenvalue weighted by molar-refractivity contribution is 0.573. The molecule has 1 atom stereocenters. The van der Waals surface area contributed by atoms with Gasteiger partial charge in [0.25, 0.3) is 0 Å². The molecule has 0 amide bonds. The molecule has 0 saturated carbocycles. The first kappa shape index (κ1) is 13.1. The maximum Gasteiger partial charge on any atom is 0.130 e. The molecular formula is C15H15ClFN. The van der Waals surface area contributed by atoms with Crippen LogP contribution in [0.15, 0.2) is 42.5 Å². The van der Waals surface area contributed by atoms with Crippen LogP contribution in [0.3, 0.4) is 0 Å². The first-order chi connectivity index (χ1) is 8.58. The lowest BCUT2D eigenvalue weighted by Gasteiger charge is -2.14. The molecule has 0 aliphatic rings. The average Bonchev–Trinajstić information content (AvgIpc) is 2.35. The second-order valence-electron chi connectivity index (χ2n) is 4.42. The van der Waals surface area contributed by atoms with Crippen molar-refractivity contribution in [2.75, 3.05) is 0 Å². The van der Waals surface area contributed by atoms with Crippen molar-refractivity contribution in [1.29, 1.82) is 0 Å². The van der Waals surface area contributed by atoms with Crippen molar-refractivity contribution >= 4 is 11.6 Å². The Morgan fingerprint density at radius 1 is 1.17 bits per heavy atom. The first-order valence-electron chi connectivity index (χ1n) is 5.83. The van der Waals surface area contributed by atoms with Crippen LogP contribution in [0, 0.1) is 12.7 Å². The number of halogens is 2. The van der Waals surface area contributed by atoms with Gasteiger partial charge >= 0.3 is 0 Å². The molecule has 0 saturated heterocycles. The molecule has 0 heterocycles. The Hall–Kier alpha value is -1.38. The number of rotatable bonds is 3. The van der Waals surface area contributed by atoms with Crippen molar-refractivity contribution in [2.45, 2.75) is 19.4 Å². The molecule has 0 radical (unpaired) electrons. The van der Waals surface area contributed by atoms with Crippen LogP contribution in [0.1, 0.15) is 22.7 Å². The van der Waals surface area contributed by atoms with Gasteiger partial charge in [-0.15, -0.1) is 0 Å². The summed E-state index contributed by atoms with van der Waals surface area (Å²) < 4.78 is 13.9. The Kier molecular flexibility index (Phi) is 4.00. The van der Waals surface area contributed by atoms with Gasteiger partial charge in [0.05, 0.1) is 0 Å². The molecule has 0 aliphatic heterocycles. The molecule has 1 nitrogen and oxygen atoms in total. The van der Waals surface area contributed by atoms with Gasteiger partial charge in [0, 0.05) is 16.6 Å². The molecule has 2 N–H and O–H groups in total. The lowest BCUT2D eigenvalue weighted by atomic mass is 9.98. The summed E-state index contributed by atoms with van der Waals surface area (Å²) in [7, 11) is 0. The van der Waals surface area contributed by atoms with Gasteiger partial charge < -0.3 is 5.73 Å². The van der Waals surface area contributed by atoms with Crippen molar-refractivity contribution in [3.05, 3.63) is 70.0 Å². The van der Waals surface area contributed by atoms with Gasteiger partial charge in [-0.1, -0.05) is 41.9 Å². The summed E-state index contributed by atoms with van der Waals surface area (Å²) in [4.78, 5) is 0. The first-order valence-corrected chi connectivity index (χ1v) is 6.21. The van der Waals surface area contributed by atoms with Gasteiger partial charge in [0.15, 0.2) is 0 Å². The molecule has 0 bridgehead atoms. The average molecular weight is 264 g/mol. The Morgan fingerprint density at radius 3 is 2.50 bits per heavy atom. The molecule has 2 rings (SSSR count). The Bertz CT molecular complexity index is 537. The number of hydrogen-bond donors (Lipinski definition) is 1. The van der Waals surface area contributed by atoms with E-state index in [4.69, 9.17) is 17.3 Å². The summed E-state index contributed by atoms with van der Waals surface area (Å²) in [5.74, 6) is -0.209. The Labute approximate surface area is 111 Å². The van der Waals surface area contributed by atoms with E-state index in [0.717, 1.165) is 5.56 Å². The minimum atomic E-state index is -0.342. The van der Waals surface area contributed by atoms with E-state index in [2.05, 4.69) is 0 Å². The third kappa shape index (κ3) is 2.89. The lowest BCUT2D eigenvalue weighted by Crippen LogP contribution is -2.15. The van der Waals surface area contributed by atoms with E-state index in [1.54, 1.807) is 19.1 Å². The fraction of sp³-hybridized carbons (Fsp3) is 0.200. The van der Waals surface area contributed by atoms with Crippen LogP contribution < -0.4 is 5.73 Å². The second-order valence-corrected chi connectivity index (χ2v) is 4.85. The fourth-order valence-corrected chi connectivity index (χ4v) is 2.07. The van der Waals surface area contributed by atoms with Crippen LogP contribution in [0.2, 0.25) is 5.02 Å². The summed E-state index contributed by atoms with van der Waals surface area (Å²) in [6.07, 6.45) is 0.595. The minimum absolute atomic E-state index is 0.209. The Morgan fingerprint density at radius 2 is 1.83 bits per heavy atom. The number of aryl methyl sites for hydroxylation is 1. The van der Waals surface area contributed by atoms with Crippen molar-refractivity contribution in [3.8, 4) is 0 Å². The van der Waals surface area contributed by atoms with Crippen LogP contribution in [0.25, 0.3) is 0 Å². The Balaban J connectivity index is 2.19. The van der Waals surface area contributed by atoms with Gasteiger partial charge in [-0.3, -0.25) is 0 Å². The molecule has 3 heteroatoms. The van der Waals surface area contributed by atoms with Crippen LogP contribution in [0.4, 0.5) is 4.39 Å².